The van der Waals surface area contributed by atoms with Crippen LogP contribution in [0.5, 0.6) is 0 Å². The number of primary amides is 1. The smallest absolute Gasteiger partial charge is 0.410 e. The quantitative estimate of drug-likeness (QED) is 0.0159. The van der Waals surface area contributed by atoms with Gasteiger partial charge in [0.25, 0.3) is 0 Å². The number of amides is 8. The van der Waals surface area contributed by atoms with E-state index in [-0.39, 0.29) is 98.7 Å². The first-order valence-electron chi connectivity index (χ1n) is 35.9. The number of nitrogens with zero attached hydrogens (tertiary/aromatic N) is 2. The summed E-state index contributed by atoms with van der Waals surface area (Å²) in [4.78, 5) is 182. The van der Waals surface area contributed by atoms with Crippen molar-refractivity contribution in [1.82, 2.24) is 31.1 Å². The van der Waals surface area contributed by atoms with Gasteiger partial charge in [-0.15, -0.1) is 0 Å². The van der Waals surface area contributed by atoms with Gasteiger partial charge in [0.1, 0.15) is 54.4 Å². The largest absolute Gasteiger partial charge is 0.455 e. The summed E-state index contributed by atoms with van der Waals surface area (Å²) in [6.07, 6.45) is -13.4. The van der Waals surface area contributed by atoms with E-state index in [1.807, 2.05) is 20.8 Å². The van der Waals surface area contributed by atoms with Crippen molar-refractivity contribution < 1.29 is 106 Å². The number of carbonyl (C=O) groups is 13. The van der Waals surface area contributed by atoms with Gasteiger partial charge < -0.3 is 85.5 Å². The van der Waals surface area contributed by atoms with Crippen LogP contribution in [0.4, 0.5) is 20.1 Å². The molecule has 0 radical (unpaired) electrons. The molecule has 30 heteroatoms. The van der Waals surface area contributed by atoms with Crippen molar-refractivity contribution in [3.05, 3.63) is 113 Å². The zero-order chi connectivity index (χ0) is 79.4. The van der Waals surface area contributed by atoms with Crippen LogP contribution in [-0.4, -0.2) is 198 Å². The number of aliphatic hydroxyl groups excluding tert-OH is 1. The highest BCUT2D eigenvalue weighted by Crippen LogP contribution is 2.64. The number of urea groups is 1. The predicted octanol–water partition coefficient (Wildman–Crippen LogP) is 6.22. The van der Waals surface area contributed by atoms with Crippen LogP contribution in [0.15, 0.2) is 96.1 Å². The Bertz CT molecular complexity index is 3820. The van der Waals surface area contributed by atoms with Gasteiger partial charge in [0, 0.05) is 96.7 Å². The Balaban J connectivity index is 1.13. The van der Waals surface area contributed by atoms with E-state index in [0.717, 1.165) is 23.6 Å². The molecule has 3 aromatic rings. The summed E-state index contributed by atoms with van der Waals surface area (Å²) in [7, 11) is 2.72. The first-order valence-corrected chi connectivity index (χ1v) is 35.9. The van der Waals surface area contributed by atoms with Gasteiger partial charge in [-0.05, 0) is 84.6 Å². The molecular weight excluding hydrogens is 1390 g/mol. The van der Waals surface area contributed by atoms with E-state index in [1.54, 1.807) is 88.4 Å². The van der Waals surface area contributed by atoms with Crippen molar-refractivity contribution in [1.29, 1.82) is 0 Å². The minimum Gasteiger partial charge on any atom is -0.455 e. The van der Waals surface area contributed by atoms with Gasteiger partial charge in [-0.25, -0.2) is 24.0 Å². The van der Waals surface area contributed by atoms with Crippen molar-refractivity contribution in [2.45, 2.75) is 208 Å². The number of benzene rings is 3. The topological polar surface area (TPSA) is 420 Å². The van der Waals surface area contributed by atoms with Crippen LogP contribution >= 0.6 is 0 Å². The molecule has 0 spiro atoms. The molecular formula is C77H104N8O22. The SMILES string of the molecule is CC(=O)O[C@H]1C(=O)[C@@]2(C)[C@H]([C@H](OC(=O)c3ccccc3)[C@]3(O)C[C@H](OC(=O)[C@H](OC(=O)N(C)CCN(C)C(=O)OCc4ccc(NC(=O)[C@H](CCCNC(N)=O)NC(=O)[C@@H](NC(=O)CCC(=O)C(C)C)C(C)C)cc4)[C@@H](NC(=O)CC(C)(C)C)c4ccccc4)C(C)=C1C3(C)C)[C@]1(OC(C)=O)CO[C@@H]1C[C@@H]2O. The summed E-state index contributed by atoms with van der Waals surface area (Å²) in [6, 6.07) is 17.5. The zero-order valence-electron chi connectivity index (χ0n) is 63.5. The van der Waals surface area contributed by atoms with Crippen molar-refractivity contribution in [3.8, 4) is 0 Å². The molecule has 1 heterocycles. The number of nitrogens with two attached hydrogens (primary N) is 1. The van der Waals surface area contributed by atoms with E-state index in [4.69, 9.17) is 38.9 Å². The highest BCUT2D eigenvalue weighted by atomic mass is 16.6. The maximum atomic E-state index is 16.0. The van der Waals surface area contributed by atoms with Gasteiger partial charge >= 0.3 is 42.1 Å². The third-order valence-corrected chi connectivity index (χ3v) is 20.5. The van der Waals surface area contributed by atoms with Gasteiger partial charge in [0.2, 0.25) is 29.7 Å². The number of Topliss-reactive ketones (excluding diaryl/α,β-unsaturated/α-hetero) is 2. The molecule has 3 aromatic carbocycles. The Labute approximate surface area is 622 Å². The average molecular weight is 1490 g/mol. The summed E-state index contributed by atoms with van der Waals surface area (Å²) in [5.41, 5.74) is -2.80. The molecule has 2 saturated carbocycles. The van der Waals surface area contributed by atoms with Gasteiger partial charge in [-0.1, -0.05) is 123 Å². The number of carbonyl (C=O) groups excluding carboxylic acids is 13. The summed E-state index contributed by atoms with van der Waals surface area (Å²) in [6.45, 7) is 19.3. The van der Waals surface area contributed by atoms with Crippen LogP contribution < -0.4 is 32.3 Å². The molecule has 1 saturated heterocycles. The monoisotopic (exact) mass is 1490 g/mol. The summed E-state index contributed by atoms with van der Waals surface area (Å²) < 4.78 is 42.9. The standard InChI is InChI=1S/C77H104N8O22/c1-42(2)52(88)32-33-56(90)82-59(43(3)4)67(94)81-51(27-22-34-79-70(78)97)66(93)80-50-30-28-47(29-31-50)40-101-71(98)84(14)35-36-85(15)72(99)105-62(60(48-23-18-16-19-24-48)83-57(91)39-73(8,9)10)69(96)104-53-38-77(100)65(106-68(95)49-25-20-17-21-26-49)63-75(13,54(89)37-55-76(63,41-102-55)107-46(7)87)64(92)61(103-45(6)86)58(44(53)5)74(77,11)12/h16-21,23-26,28-31,42-43,51,53-55,59-63,65,89,100H,22,27,32-41H2,1-15H3,(H,80,93)(H,81,94)(H,82,90)(H,83,91)(H3,78,79,97)/t51-,53-,54-,55+,59-,60-,61+,62+,63-,65-,75+,76-,77+/m0/s1. The van der Waals surface area contributed by atoms with E-state index < -0.39 is 179 Å². The van der Waals surface area contributed by atoms with Crippen LogP contribution in [0, 0.1) is 34.0 Å². The molecule has 30 nitrogen and oxygen atoms in total. The van der Waals surface area contributed by atoms with E-state index in [0.29, 0.717) is 11.3 Å². The number of ketones is 2. The molecule has 1 aliphatic heterocycles. The lowest BCUT2D eigenvalue weighted by molar-refractivity contribution is -0.346. The minimum atomic E-state index is -2.56. The number of esters is 4. The zero-order valence-corrected chi connectivity index (χ0v) is 63.5. The summed E-state index contributed by atoms with van der Waals surface area (Å²) in [5.74, 6) is -9.90. The van der Waals surface area contributed by atoms with E-state index in [2.05, 4.69) is 26.6 Å². The fourth-order valence-electron chi connectivity index (χ4n) is 14.4. The van der Waals surface area contributed by atoms with Crippen LogP contribution in [0.1, 0.15) is 162 Å². The highest BCUT2D eigenvalue weighted by molar-refractivity contribution is 5.99. The molecule has 4 aliphatic rings. The fourth-order valence-corrected chi connectivity index (χ4v) is 14.4. The Hall–Kier alpha value is -9.81. The molecule has 9 N–H and O–H groups in total. The fraction of sp³-hybridized carbons (Fsp3) is 0.571. The van der Waals surface area contributed by atoms with Crippen LogP contribution in [0.25, 0.3) is 0 Å². The summed E-state index contributed by atoms with van der Waals surface area (Å²) in [5, 5.41) is 40.0. The number of likely N-dealkylation sites (N-methyl/N-ethyl adjacent to an activating group) is 2. The van der Waals surface area contributed by atoms with Gasteiger partial charge in [0.15, 0.2) is 17.5 Å². The number of aliphatic hydroxyl groups is 2. The van der Waals surface area contributed by atoms with Gasteiger partial charge in [-0.2, -0.15) is 0 Å². The van der Waals surface area contributed by atoms with Crippen molar-refractivity contribution in [3.63, 3.8) is 0 Å². The minimum absolute atomic E-state index is 0.0000252. The molecule has 107 heavy (non-hydrogen) atoms. The second-order valence-electron chi connectivity index (χ2n) is 30.7. The first kappa shape index (κ1) is 84.5. The van der Waals surface area contributed by atoms with E-state index >= 15 is 9.59 Å². The molecule has 3 fully saturated rings. The third-order valence-electron chi connectivity index (χ3n) is 20.5. The number of hydrogen-bond acceptors (Lipinski definition) is 22. The molecule has 584 valence electrons. The Kier molecular flexibility index (Phi) is 27.8. The van der Waals surface area contributed by atoms with Gasteiger partial charge in [0.05, 0.1) is 29.6 Å². The lowest BCUT2D eigenvalue weighted by atomic mass is 9.44. The number of hydrogen-bond donors (Lipinski definition) is 8. The lowest BCUT2D eigenvalue weighted by Gasteiger charge is -2.67. The maximum absolute atomic E-state index is 16.0. The Morgan fingerprint density at radius 1 is 0.757 bits per heavy atom. The number of fused-ring (bicyclic) bond motifs is 5. The molecule has 8 amide bonds. The number of ether oxygens (including phenoxy) is 7. The van der Waals surface area contributed by atoms with Gasteiger partial charge in [-0.3, -0.25) is 38.4 Å². The normalized spacial score (nSPS) is 23.9. The second-order valence-corrected chi connectivity index (χ2v) is 30.7. The maximum Gasteiger partial charge on any atom is 0.410 e. The van der Waals surface area contributed by atoms with E-state index in [1.165, 1.54) is 66.1 Å². The van der Waals surface area contributed by atoms with Crippen molar-refractivity contribution >= 4 is 83.0 Å². The molecule has 7 rings (SSSR count). The van der Waals surface area contributed by atoms with E-state index in [9.17, 15) is 63.0 Å². The molecule has 0 unspecified atom stereocenters. The number of anilines is 1. The highest BCUT2D eigenvalue weighted by Gasteiger charge is 2.78. The summed E-state index contributed by atoms with van der Waals surface area (Å²) >= 11 is 0. The molecule has 2 bridgehead atoms. The Morgan fingerprint density at radius 2 is 1.37 bits per heavy atom. The second kappa shape index (κ2) is 35.3. The molecule has 13 atom stereocenters. The Morgan fingerprint density at radius 3 is 1.93 bits per heavy atom. The lowest BCUT2D eigenvalue weighted by Crippen LogP contribution is -2.82. The van der Waals surface area contributed by atoms with Crippen molar-refractivity contribution in [2.24, 2.45) is 39.7 Å². The molecule has 3 aliphatic carbocycles. The van der Waals surface area contributed by atoms with Crippen LogP contribution in [0.3, 0.4) is 0 Å². The third kappa shape index (κ3) is 20.1. The number of nitrogens with one attached hydrogen (secondary N) is 5. The van der Waals surface area contributed by atoms with Crippen LogP contribution in [-0.2, 0) is 82.9 Å². The predicted molar refractivity (Wildman–Crippen MR) is 385 cm³/mol. The number of rotatable bonds is 30. The van der Waals surface area contributed by atoms with Crippen molar-refractivity contribution in [2.75, 3.05) is 45.7 Å². The first-order chi connectivity index (χ1) is 50.1. The molecule has 0 aromatic heterocycles. The average Bonchev–Trinajstić information content (AvgIpc) is 0.669. The van der Waals surface area contributed by atoms with Crippen LogP contribution in [0.2, 0.25) is 0 Å².